The van der Waals surface area contributed by atoms with E-state index in [4.69, 9.17) is 9.84 Å². The minimum Gasteiger partial charge on any atom is -0.457 e. The number of anilines is 1. The van der Waals surface area contributed by atoms with Gasteiger partial charge in [0.2, 0.25) is 0 Å². The molecule has 2 aromatic rings. The number of benzene rings is 2. The summed E-state index contributed by atoms with van der Waals surface area (Å²) in [7, 11) is 0. The molecular formula is C17H19NO3. The van der Waals surface area contributed by atoms with E-state index in [1.54, 1.807) is 18.2 Å². The number of carbonyl (C=O) groups excluding carboxylic acids is 1. The van der Waals surface area contributed by atoms with Gasteiger partial charge in [0.05, 0.1) is 12.2 Å². The third-order valence-electron chi connectivity index (χ3n) is 3.04. The van der Waals surface area contributed by atoms with Crippen LogP contribution in [0.25, 0.3) is 0 Å². The van der Waals surface area contributed by atoms with Gasteiger partial charge in [0.25, 0.3) is 0 Å². The zero-order valence-electron chi connectivity index (χ0n) is 12.0. The van der Waals surface area contributed by atoms with Gasteiger partial charge in [-0.05, 0) is 24.6 Å². The van der Waals surface area contributed by atoms with Gasteiger partial charge >= 0.3 is 5.97 Å². The second-order valence-electron chi connectivity index (χ2n) is 4.84. The molecular weight excluding hydrogens is 266 g/mol. The van der Waals surface area contributed by atoms with Crippen LogP contribution < -0.4 is 5.32 Å². The van der Waals surface area contributed by atoms with E-state index in [0.29, 0.717) is 11.3 Å². The Balaban J connectivity index is 2.05. The van der Waals surface area contributed by atoms with Crippen LogP contribution in [0.4, 0.5) is 5.69 Å². The van der Waals surface area contributed by atoms with Gasteiger partial charge in [-0.3, -0.25) is 0 Å². The summed E-state index contributed by atoms with van der Waals surface area (Å²) >= 11 is 0. The number of esters is 1. The molecule has 2 N–H and O–H groups in total. The molecule has 0 radical (unpaired) electrons. The van der Waals surface area contributed by atoms with Crippen LogP contribution in [0.2, 0.25) is 0 Å². The molecule has 4 nitrogen and oxygen atoms in total. The lowest BCUT2D eigenvalue weighted by Crippen LogP contribution is -2.21. The minimum absolute atomic E-state index is 0.00655. The van der Waals surface area contributed by atoms with Crippen LogP contribution in [-0.4, -0.2) is 23.7 Å². The molecule has 2 rings (SSSR count). The molecule has 0 heterocycles. The molecule has 0 aliphatic carbocycles. The largest absolute Gasteiger partial charge is 0.457 e. The summed E-state index contributed by atoms with van der Waals surface area (Å²) in [4.78, 5) is 12.2. The first kappa shape index (κ1) is 15.1. The molecule has 2 aromatic carbocycles. The molecule has 0 aromatic heterocycles. The van der Waals surface area contributed by atoms with Gasteiger partial charge < -0.3 is 15.2 Å². The van der Waals surface area contributed by atoms with Gasteiger partial charge in [-0.2, -0.15) is 0 Å². The van der Waals surface area contributed by atoms with Crippen molar-refractivity contribution >= 4 is 11.7 Å². The first-order valence-electron chi connectivity index (χ1n) is 6.88. The molecule has 0 spiro atoms. The molecule has 4 heteroatoms. The van der Waals surface area contributed by atoms with E-state index in [1.807, 2.05) is 43.3 Å². The standard InChI is InChI=1S/C17H19NO3/c1-13(11-19)18-16-10-6-5-9-15(16)17(20)21-12-14-7-3-2-4-8-14/h2-10,13,18-19H,11-12H2,1H3. The fraction of sp³-hybridized carbons (Fsp3) is 0.235. The predicted octanol–water partition coefficient (Wildman–Crippen LogP) is 2.84. The van der Waals surface area contributed by atoms with E-state index in [-0.39, 0.29) is 25.2 Å². The maximum Gasteiger partial charge on any atom is 0.340 e. The molecule has 0 aliphatic rings. The monoisotopic (exact) mass is 285 g/mol. The van der Waals surface area contributed by atoms with E-state index in [2.05, 4.69) is 5.32 Å². The van der Waals surface area contributed by atoms with Crippen molar-refractivity contribution in [1.82, 2.24) is 0 Å². The highest BCUT2D eigenvalue weighted by atomic mass is 16.5. The maximum atomic E-state index is 12.2. The molecule has 0 aliphatic heterocycles. The predicted molar refractivity (Wildman–Crippen MR) is 82.2 cm³/mol. The Morgan fingerprint density at radius 1 is 1.14 bits per heavy atom. The van der Waals surface area contributed by atoms with Crippen LogP contribution in [-0.2, 0) is 11.3 Å². The molecule has 0 amide bonds. The Hall–Kier alpha value is -2.33. The first-order chi connectivity index (χ1) is 10.2. The Labute approximate surface area is 124 Å². The number of nitrogens with one attached hydrogen (secondary N) is 1. The lowest BCUT2D eigenvalue weighted by molar-refractivity contribution is 0.0473. The number of rotatable bonds is 6. The van der Waals surface area contributed by atoms with Crippen LogP contribution in [0.15, 0.2) is 54.6 Å². The van der Waals surface area contributed by atoms with Gasteiger partial charge in [0, 0.05) is 11.7 Å². The second-order valence-corrected chi connectivity index (χ2v) is 4.84. The lowest BCUT2D eigenvalue weighted by atomic mass is 10.1. The van der Waals surface area contributed by atoms with Gasteiger partial charge in [0.1, 0.15) is 6.61 Å². The van der Waals surface area contributed by atoms with E-state index in [0.717, 1.165) is 5.56 Å². The highest BCUT2D eigenvalue weighted by Crippen LogP contribution is 2.18. The van der Waals surface area contributed by atoms with Crippen LogP contribution in [0, 0.1) is 0 Å². The molecule has 0 saturated heterocycles. The van der Waals surface area contributed by atoms with Crippen molar-refractivity contribution in [2.24, 2.45) is 0 Å². The van der Waals surface area contributed by atoms with Crippen molar-refractivity contribution in [3.05, 3.63) is 65.7 Å². The van der Waals surface area contributed by atoms with Crippen molar-refractivity contribution in [3.8, 4) is 0 Å². The topological polar surface area (TPSA) is 58.6 Å². The lowest BCUT2D eigenvalue weighted by Gasteiger charge is -2.15. The third-order valence-corrected chi connectivity index (χ3v) is 3.04. The van der Waals surface area contributed by atoms with Crippen molar-refractivity contribution < 1.29 is 14.6 Å². The first-order valence-corrected chi connectivity index (χ1v) is 6.88. The molecule has 110 valence electrons. The Kier molecular flexibility index (Phi) is 5.35. The number of ether oxygens (including phenoxy) is 1. The number of hydrogen-bond donors (Lipinski definition) is 2. The Morgan fingerprint density at radius 2 is 1.81 bits per heavy atom. The Bertz CT molecular complexity index is 584. The van der Waals surface area contributed by atoms with Crippen molar-refractivity contribution in [2.45, 2.75) is 19.6 Å². The summed E-state index contributed by atoms with van der Waals surface area (Å²) in [5.41, 5.74) is 2.07. The van der Waals surface area contributed by atoms with Gasteiger partial charge in [-0.1, -0.05) is 42.5 Å². The van der Waals surface area contributed by atoms with Crippen LogP contribution in [0.1, 0.15) is 22.8 Å². The molecule has 1 unspecified atom stereocenters. The second kappa shape index (κ2) is 7.45. The normalized spacial score (nSPS) is 11.7. The van der Waals surface area contributed by atoms with Crippen molar-refractivity contribution in [1.29, 1.82) is 0 Å². The summed E-state index contributed by atoms with van der Waals surface area (Å²) in [6, 6.07) is 16.5. The number of para-hydroxylation sites is 1. The number of aliphatic hydroxyl groups is 1. The third kappa shape index (κ3) is 4.33. The summed E-state index contributed by atoms with van der Waals surface area (Å²) in [5.74, 6) is -0.382. The van der Waals surface area contributed by atoms with Gasteiger partial charge in [-0.25, -0.2) is 4.79 Å². The number of aliphatic hydroxyl groups excluding tert-OH is 1. The SMILES string of the molecule is CC(CO)Nc1ccccc1C(=O)OCc1ccccc1. The average Bonchev–Trinajstić information content (AvgIpc) is 2.54. The van der Waals surface area contributed by atoms with E-state index in [9.17, 15) is 4.79 Å². The van der Waals surface area contributed by atoms with Crippen LogP contribution >= 0.6 is 0 Å². The van der Waals surface area contributed by atoms with Crippen LogP contribution in [0.5, 0.6) is 0 Å². The summed E-state index contributed by atoms with van der Waals surface area (Å²) < 4.78 is 5.33. The number of hydrogen-bond acceptors (Lipinski definition) is 4. The smallest absolute Gasteiger partial charge is 0.340 e. The van der Waals surface area contributed by atoms with E-state index >= 15 is 0 Å². The zero-order valence-corrected chi connectivity index (χ0v) is 12.0. The highest BCUT2D eigenvalue weighted by Gasteiger charge is 2.13. The minimum atomic E-state index is -0.382. The zero-order chi connectivity index (χ0) is 15.1. The van der Waals surface area contributed by atoms with E-state index in [1.165, 1.54) is 0 Å². The summed E-state index contributed by atoms with van der Waals surface area (Å²) in [6.07, 6.45) is 0. The Morgan fingerprint density at radius 3 is 2.52 bits per heavy atom. The van der Waals surface area contributed by atoms with Crippen molar-refractivity contribution in [3.63, 3.8) is 0 Å². The van der Waals surface area contributed by atoms with E-state index < -0.39 is 0 Å². The number of carbonyl (C=O) groups is 1. The quantitative estimate of drug-likeness (QED) is 0.801. The summed E-state index contributed by atoms with van der Waals surface area (Å²) in [5, 5.41) is 12.2. The molecule has 21 heavy (non-hydrogen) atoms. The fourth-order valence-electron chi connectivity index (χ4n) is 1.90. The molecule has 0 bridgehead atoms. The maximum absolute atomic E-state index is 12.2. The van der Waals surface area contributed by atoms with Crippen molar-refractivity contribution in [2.75, 3.05) is 11.9 Å². The van der Waals surface area contributed by atoms with Gasteiger partial charge in [-0.15, -0.1) is 0 Å². The van der Waals surface area contributed by atoms with Crippen LogP contribution in [0.3, 0.4) is 0 Å². The highest BCUT2D eigenvalue weighted by molar-refractivity contribution is 5.95. The molecule has 0 saturated carbocycles. The van der Waals surface area contributed by atoms with Gasteiger partial charge in [0.15, 0.2) is 0 Å². The molecule has 1 atom stereocenters. The average molecular weight is 285 g/mol. The summed E-state index contributed by atoms with van der Waals surface area (Å²) in [6.45, 7) is 2.07. The molecule has 0 fully saturated rings. The fourth-order valence-corrected chi connectivity index (χ4v) is 1.90.